The average molecular weight is 380 g/mol. The number of fused-ring (bicyclic) bond motifs is 3. The maximum atomic E-state index is 12.9. The number of hydrogen-bond donors (Lipinski definition) is 1. The summed E-state index contributed by atoms with van der Waals surface area (Å²) in [5.74, 6) is 0.980. The van der Waals surface area contributed by atoms with Crippen molar-refractivity contribution in [2.75, 3.05) is 43.1 Å². The van der Waals surface area contributed by atoms with Crippen molar-refractivity contribution >= 4 is 17.3 Å². The van der Waals surface area contributed by atoms with Crippen molar-refractivity contribution in [2.24, 2.45) is 5.92 Å². The Morgan fingerprint density at radius 3 is 2.68 bits per heavy atom. The van der Waals surface area contributed by atoms with Gasteiger partial charge in [-0.15, -0.1) is 0 Å². The van der Waals surface area contributed by atoms with E-state index in [0.717, 1.165) is 31.8 Å². The second-order valence-electron chi connectivity index (χ2n) is 7.74. The van der Waals surface area contributed by atoms with Gasteiger partial charge in [-0.2, -0.15) is 0 Å². The van der Waals surface area contributed by atoms with Gasteiger partial charge in [0.05, 0.1) is 19.1 Å². The molecule has 2 aromatic rings. The first-order valence-electron chi connectivity index (χ1n) is 10.1. The molecule has 0 spiro atoms. The highest BCUT2D eigenvalue weighted by Gasteiger charge is 2.41. The van der Waals surface area contributed by atoms with Gasteiger partial charge >= 0.3 is 0 Å². The van der Waals surface area contributed by atoms with Crippen molar-refractivity contribution in [3.05, 3.63) is 53.6 Å². The van der Waals surface area contributed by atoms with Gasteiger partial charge in [-0.1, -0.05) is 23.8 Å². The van der Waals surface area contributed by atoms with E-state index in [9.17, 15) is 4.79 Å². The van der Waals surface area contributed by atoms with E-state index < -0.39 is 0 Å². The second-order valence-corrected chi connectivity index (χ2v) is 7.74. The first kappa shape index (κ1) is 18.7. The molecular weight excluding hydrogens is 350 g/mol. The Morgan fingerprint density at radius 2 is 1.96 bits per heavy atom. The largest absolute Gasteiger partial charge is 0.497 e. The Morgan fingerprint density at radius 1 is 1.18 bits per heavy atom. The van der Waals surface area contributed by atoms with E-state index in [4.69, 9.17) is 4.74 Å². The number of rotatable bonds is 4. The van der Waals surface area contributed by atoms with Crippen LogP contribution in [0.15, 0.2) is 42.5 Å². The highest BCUT2D eigenvalue weighted by molar-refractivity contribution is 5.82. The Balaban J connectivity index is 1.67. The number of ether oxygens (including phenoxy) is 1. The molecule has 28 heavy (non-hydrogen) atoms. The van der Waals surface area contributed by atoms with Crippen molar-refractivity contribution in [2.45, 2.75) is 26.3 Å². The van der Waals surface area contributed by atoms with Crippen LogP contribution in [0.4, 0.5) is 11.4 Å². The zero-order chi connectivity index (χ0) is 19.7. The summed E-state index contributed by atoms with van der Waals surface area (Å²) in [7, 11) is 1.70. The van der Waals surface area contributed by atoms with Crippen LogP contribution in [0.3, 0.4) is 0 Å². The molecule has 2 aliphatic rings. The summed E-state index contributed by atoms with van der Waals surface area (Å²) in [5, 5.41) is 3.05. The number of hydrogen-bond acceptors (Lipinski definition) is 4. The fourth-order valence-corrected chi connectivity index (χ4v) is 4.50. The normalized spacial score (nSPS) is 21.0. The van der Waals surface area contributed by atoms with Gasteiger partial charge in [-0.05, 0) is 44.0 Å². The highest BCUT2D eigenvalue weighted by atomic mass is 16.5. The number of nitrogens with zero attached hydrogens (tertiary/aromatic N) is 2. The summed E-state index contributed by atoms with van der Waals surface area (Å²) in [4.78, 5) is 17.7. The molecule has 0 bridgehead atoms. The van der Waals surface area contributed by atoms with Crippen molar-refractivity contribution in [1.82, 2.24) is 5.32 Å². The number of aryl methyl sites for hydroxylation is 1. The molecule has 0 aromatic heterocycles. The predicted molar refractivity (Wildman–Crippen MR) is 113 cm³/mol. The smallest absolute Gasteiger partial charge is 0.225 e. The number of anilines is 2. The number of carbonyl (C=O) groups is 1. The van der Waals surface area contributed by atoms with Crippen LogP contribution in [0.25, 0.3) is 0 Å². The van der Waals surface area contributed by atoms with E-state index in [1.54, 1.807) is 7.11 Å². The maximum absolute atomic E-state index is 12.9. The molecule has 4 rings (SSSR count). The quantitative estimate of drug-likeness (QED) is 0.887. The number of benzene rings is 2. The van der Waals surface area contributed by atoms with Gasteiger partial charge < -0.3 is 19.9 Å². The van der Waals surface area contributed by atoms with Gasteiger partial charge in [0.2, 0.25) is 5.91 Å². The average Bonchev–Trinajstić information content (AvgIpc) is 2.73. The third-order valence-corrected chi connectivity index (χ3v) is 6.01. The molecule has 2 aromatic carbocycles. The molecule has 148 valence electrons. The van der Waals surface area contributed by atoms with E-state index in [1.165, 1.54) is 22.5 Å². The third kappa shape index (κ3) is 3.41. The molecule has 0 saturated carbocycles. The van der Waals surface area contributed by atoms with Crippen molar-refractivity contribution in [3.63, 3.8) is 0 Å². The molecular formula is C23H29N3O2. The molecule has 0 radical (unpaired) electrons. The molecule has 5 heteroatoms. The summed E-state index contributed by atoms with van der Waals surface area (Å²) < 4.78 is 5.46. The molecule has 1 fully saturated rings. The van der Waals surface area contributed by atoms with E-state index in [0.29, 0.717) is 6.54 Å². The Hall–Kier alpha value is -2.69. The SMILES string of the molecule is CCNC(=O)C1Cc2ccc(OC)cc2N2CCN(c3ccc(C)cc3)CC12. The molecule has 2 heterocycles. The lowest BCUT2D eigenvalue weighted by Gasteiger charge is -2.49. The minimum Gasteiger partial charge on any atom is -0.497 e. The molecule has 2 atom stereocenters. The molecule has 5 nitrogen and oxygen atoms in total. The maximum Gasteiger partial charge on any atom is 0.225 e. The number of piperazine rings is 1. The standard InChI is InChI=1S/C23H29N3O2/c1-4-24-23(27)20-13-17-7-10-19(28-3)14-21(17)26-12-11-25(15-22(20)26)18-8-5-16(2)6-9-18/h5-10,14,20,22H,4,11-13,15H2,1-3H3,(H,24,27). The van der Waals surface area contributed by atoms with Gasteiger partial charge in [0.15, 0.2) is 0 Å². The third-order valence-electron chi connectivity index (χ3n) is 6.01. The minimum atomic E-state index is -0.0471. The molecule has 1 N–H and O–H groups in total. The summed E-state index contributed by atoms with van der Waals surface area (Å²) in [5.41, 5.74) is 4.95. The van der Waals surface area contributed by atoms with Crippen molar-refractivity contribution in [1.29, 1.82) is 0 Å². The summed E-state index contributed by atoms with van der Waals surface area (Å²) >= 11 is 0. The molecule has 1 saturated heterocycles. The highest BCUT2D eigenvalue weighted by Crippen LogP contribution is 2.38. The van der Waals surface area contributed by atoms with E-state index in [-0.39, 0.29) is 17.9 Å². The summed E-state index contributed by atoms with van der Waals surface area (Å²) in [6.45, 7) is 7.45. The number of methoxy groups -OCH3 is 1. The zero-order valence-corrected chi connectivity index (χ0v) is 16.9. The van der Waals surface area contributed by atoms with Crippen molar-refractivity contribution < 1.29 is 9.53 Å². The fourth-order valence-electron chi connectivity index (χ4n) is 4.50. The topological polar surface area (TPSA) is 44.8 Å². The van der Waals surface area contributed by atoms with E-state index in [1.807, 2.05) is 13.0 Å². The number of amides is 1. The van der Waals surface area contributed by atoms with E-state index in [2.05, 4.69) is 58.4 Å². The Bertz CT molecular complexity index is 849. The van der Waals surface area contributed by atoms with Gasteiger partial charge in [-0.3, -0.25) is 4.79 Å². The van der Waals surface area contributed by atoms with Crippen LogP contribution in [0.5, 0.6) is 5.75 Å². The Kier molecular flexibility index (Phi) is 5.16. The van der Waals surface area contributed by atoms with Crippen molar-refractivity contribution in [3.8, 4) is 5.75 Å². The number of nitrogens with one attached hydrogen (secondary N) is 1. The van der Waals surface area contributed by atoms with Crippen LogP contribution >= 0.6 is 0 Å². The Labute approximate surface area is 167 Å². The first-order valence-corrected chi connectivity index (χ1v) is 10.1. The van der Waals surface area contributed by atoms with Gasteiger partial charge in [0, 0.05) is 43.6 Å². The van der Waals surface area contributed by atoms with Crippen LogP contribution in [0, 0.1) is 12.8 Å². The molecule has 1 amide bonds. The fraction of sp³-hybridized carbons (Fsp3) is 0.435. The van der Waals surface area contributed by atoms with Crippen LogP contribution in [-0.2, 0) is 11.2 Å². The van der Waals surface area contributed by atoms with Crippen LogP contribution < -0.4 is 19.9 Å². The minimum absolute atomic E-state index is 0.0471. The summed E-state index contributed by atoms with van der Waals surface area (Å²) in [6, 6.07) is 15.1. The van der Waals surface area contributed by atoms with E-state index >= 15 is 0 Å². The lowest BCUT2D eigenvalue weighted by molar-refractivity contribution is -0.125. The molecule has 0 aliphatic carbocycles. The van der Waals surface area contributed by atoms with Gasteiger partial charge in [0.25, 0.3) is 0 Å². The predicted octanol–water partition coefficient (Wildman–Crippen LogP) is 3.01. The summed E-state index contributed by atoms with van der Waals surface area (Å²) in [6.07, 6.45) is 0.772. The zero-order valence-electron chi connectivity index (χ0n) is 16.9. The van der Waals surface area contributed by atoms with Gasteiger partial charge in [-0.25, -0.2) is 0 Å². The second kappa shape index (κ2) is 7.74. The first-order chi connectivity index (χ1) is 13.6. The lowest BCUT2D eigenvalue weighted by Crippen LogP contribution is -2.61. The molecule has 2 aliphatic heterocycles. The number of carbonyl (C=O) groups excluding carboxylic acids is 1. The monoisotopic (exact) mass is 379 g/mol. The van der Waals surface area contributed by atoms with Crippen LogP contribution in [0.1, 0.15) is 18.1 Å². The van der Waals surface area contributed by atoms with Gasteiger partial charge in [0.1, 0.15) is 5.75 Å². The van der Waals surface area contributed by atoms with Crippen LogP contribution in [-0.4, -0.2) is 45.2 Å². The molecule has 2 unspecified atom stereocenters. The lowest BCUT2D eigenvalue weighted by atomic mass is 9.83. The van der Waals surface area contributed by atoms with Crippen LogP contribution in [0.2, 0.25) is 0 Å².